The number of carbonyl (C=O) groups is 2. The van der Waals surface area contributed by atoms with Crippen molar-refractivity contribution in [3.8, 4) is 0 Å². The molecule has 0 saturated heterocycles. The van der Waals surface area contributed by atoms with Gasteiger partial charge in [-0.25, -0.2) is 0 Å². The van der Waals surface area contributed by atoms with E-state index in [2.05, 4.69) is 5.32 Å². The highest BCUT2D eigenvalue weighted by Gasteiger charge is 2.36. The lowest BCUT2D eigenvalue weighted by Crippen LogP contribution is -2.47. The Bertz CT molecular complexity index is 306. The van der Waals surface area contributed by atoms with Crippen LogP contribution in [-0.4, -0.2) is 36.2 Å². The number of hydrogen-bond acceptors (Lipinski definition) is 4. The van der Waals surface area contributed by atoms with Crippen LogP contribution in [0.1, 0.15) is 39.5 Å². The molecule has 0 aromatic rings. The lowest BCUT2D eigenvalue weighted by molar-refractivity contribution is -0.148. The van der Waals surface area contributed by atoms with Crippen molar-refractivity contribution in [1.29, 1.82) is 0 Å². The van der Waals surface area contributed by atoms with Crippen LogP contribution in [0.25, 0.3) is 0 Å². The molecule has 0 bridgehead atoms. The number of rotatable bonds is 4. The molecule has 5 heteroatoms. The summed E-state index contributed by atoms with van der Waals surface area (Å²) in [6, 6.07) is 0. The molecule has 2 N–H and O–H groups in total. The zero-order valence-electron chi connectivity index (χ0n) is 11.4. The summed E-state index contributed by atoms with van der Waals surface area (Å²) in [6.45, 7) is 3.89. The van der Waals surface area contributed by atoms with Crippen LogP contribution in [0.15, 0.2) is 0 Å². The van der Waals surface area contributed by atoms with Crippen LogP contribution >= 0.6 is 0 Å². The van der Waals surface area contributed by atoms with E-state index >= 15 is 0 Å². The van der Waals surface area contributed by atoms with Crippen LogP contribution in [0.5, 0.6) is 0 Å². The van der Waals surface area contributed by atoms with E-state index < -0.39 is 5.60 Å². The normalized spacial score (nSPS) is 27.9. The maximum absolute atomic E-state index is 11.5. The summed E-state index contributed by atoms with van der Waals surface area (Å²) in [5, 5.41) is 13.1. The highest BCUT2D eigenvalue weighted by molar-refractivity contribution is 5.77. The molecule has 1 aliphatic carbocycles. The molecule has 0 unspecified atom stereocenters. The molecule has 0 heterocycles. The molecule has 0 aromatic heterocycles. The van der Waals surface area contributed by atoms with Gasteiger partial charge in [-0.1, -0.05) is 13.8 Å². The van der Waals surface area contributed by atoms with Crippen LogP contribution < -0.4 is 5.32 Å². The third kappa shape index (κ3) is 3.98. The summed E-state index contributed by atoms with van der Waals surface area (Å²) in [4.78, 5) is 22.8. The number of hydrogen-bond donors (Lipinski definition) is 2. The van der Waals surface area contributed by atoms with E-state index in [-0.39, 0.29) is 30.3 Å². The van der Waals surface area contributed by atoms with Gasteiger partial charge in [-0.3, -0.25) is 9.59 Å². The van der Waals surface area contributed by atoms with Crippen molar-refractivity contribution < 1.29 is 19.4 Å². The largest absolute Gasteiger partial charge is 0.469 e. The number of carbonyl (C=O) groups excluding carboxylic acids is 2. The zero-order chi connectivity index (χ0) is 13.8. The fourth-order valence-corrected chi connectivity index (χ4v) is 2.19. The Morgan fingerprint density at radius 3 is 2.39 bits per heavy atom. The van der Waals surface area contributed by atoms with E-state index in [1.54, 1.807) is 0 Å². The second-order valence-corrected chi connectivity index (χ2v) is 5.39. The monoisotopic (exact) mass is 257 g/mol. The van der Waals surface area contributed by atoms with Crippen molar-refractivity contribution in [3.05, 3.63) is 0 Å². The van der Waals surface area contributed by atoms with Crippen LogP contribution in [0.2, 0.25) is 0 Å². The summed E-state index contributed by atoms with van der Waals surface area (Å²) in [5.41, 5.74) is -0.880. The molecular formula is C13H23NO4. The number of aliphatic hydroxyl groups is 1. The van der Waals surface area contributed by atoms with E-state index in [0.717, 1.165) is 0 Å². The molecule has 0 atom stereocenters. The SMILES string of the molecule is COC(=O)C1CCC(O)(CNC(=O)C(C)C)CC1. The van der Waals surface area contributed by atoms with Gasteiger partial charge in [-0.05, 0) is 25.7 Å². The highest BCUT2D eigenvalue weighted by Crippen LogP contribution is 2.32. The van der Waals surface area contributed by atoms with Crippen molar-refractivity contribution in [2.45, 2.75) is 45.1 Å². The Hall–Kier alpha value is -1.10. The van der Waals surface area contributed by atoms with E-state index in [1.807, 2.05) is 13.8 Å². The molecule has 104 valence electrons. The second-order valence-electron chi connectivity index (χ2n) is 5.39. The maximum Gasteiger partial charge on any atom is 0.308 e. The van der Waals surface area contributed by atoms with Gasteiger partial charge in [0.05, 0.1) is 18.6 Å². The lowest BCUT2D eigenvalue weighted by Gasteiger charge is -2.35. The van der Waals surface area contributed by atoms with Gasteiger partial charge in [0.15, 0.2) is 0 Å². The summed E-state index contributed by atoms with van der Waals surface area (Å²) in [7, 11) is 1.38. The van der Waals surface area contributed by atoms with E-state index in [9.17, 15) is 14.7 Å². The van der Waals surface area contributed by atoms with E-state index in [0.29, 0.717) is 25.7 Å². The first kappa shape index (κ1) is 15.0. The smallest absolute Gasteiger partial charge is 0.308 e. The van der Waals surface area contributed by atoms with E-state index in [4.69, 9.17) is 4.74 Å². The van der Waals surface area contributed by atoms with Crippen LogP contribution in [0.4, 0.5) is 0 Å². The second kappa shape index (κ2) is 6.18. The first-order chi connectivity index (χ1) is 8.38. The van der Waals surface area contributed by atoms with Crippen LogP contribution in [0, 0.1) is 11.8 Å². The number of methoxy groups -OCH3 is 1. The van der Waals surface area contributed by atoms with Gasteiger partial charge in [0, 0.05) is 12.5 Å². The minimum atomic E-state index is -0.880. The number of esters is 1. The minimum absolute atomic E-state index is 0.0569. The van der Waals surface area contributed by atoms with Gasteiger partial charge in [-0.2, -0.15) is 0 Å². The molecule has 1 aliphatic rings. The Kier molecular flexibility index (Phi) is 5.14. The molecule has 1 rings (SSSR count). The Labute approximate surface area is 108 Å². The number of ether oxygens (including phenoxy) is 1. The Balaban J connectivity index is 2.40. The van der Waals surface area contributed by atoms with Gasteiger partial charge in [-0.15, -0.1) is 0 Å². The summed E-state index contributed by atoms with van der Waals surface area (Å²) < 4.78 is 4.70. The molecule has 0 radical (unpaired) electrons. The third-order valence-corrected chi connectivity index (χ3v) is 3.57. The van der Waals surface area contributed by atoms with Gasteiger partial charge in [0.2, 0.25) is 5.91 Å². The van der Waals surface area contributed by atoms with Crippen molar-refractivity contribution in [3.63, 3.8) is 0 Å². The van der Waals surface area contributed by atoms with Crippen molar-refractivity contribution in [2.75, 3.05) is 13.7 Å². The standard InChI is InChI=1S/C13H23NO4/c1-9(2)11(15)14-8-13(17)6-4-10(5-7-13)12(16)18-3/h9-10,17H,4-8H2,1-3H3,(H,14,15). The molecule has 0 aromatic carbocycles. The fourth-order valence-electron chi connectivity index (χ4n) is 2.19. The molecule has 0 spiro atoms. The topological polar surface area (TPSA) is 75.6 Å². The van der Waals surface area contributed by atoms with Crippen LogP contribution in [0.3, 0.4) is 0 Å². The Morgan fingerprint density at radius 1 is 1.39 bits per heavy atom. The predicted octanol–water partition coefficient (Wildman–Crippen LogP) is 0.853. The first-order valence-corrected chi connectivity index (χ1v) is 6.46. The highest BCUT2D eigenvalue weighted by atomic mass is 16.5. The van der Waals surface area contributed by atoms with E-state index in [1.165, 1.54) is 7.11 Å². The summed E-state index contributed by atoms with van der Waals surface area (Å²) in [5.74, 6) is -0.460. The lowest BCUT2D eigenvalue weighted by atomic mass is 9.78. The maximum atomic E-state index is 11.5. The van der Waals surface area contributed by atoms with Gasteiger partial charge in [0.25, 0.3) is 0 Å². The minimum Gasteiger partial charge on any atom is -0.469 e. The third-order valence-electron chi connectivity index (χ3n) is 3.57. The van der Waals surface area contributed by atoms with Gasteiger partial charge < -0.3 is 15.2 Å². The molecule has 18 heavy (non-hydrogen) atoms. The number of nitrogens with one attached hydrogen (secondary N) is 1. The summed E-state index contributed by atoms with van der Waals surface area (Å²) in [6.07, 6.45) is 2.26. The average Bonchev–Trinajstić information content (AvgIpc) is 2.36. The molecule has 1 amide bonds. The predicted molar refractivity (Wildman–Crippen MR) is 66.8 cm³/mol. The summed E-state index contributed by atoms with van der Waals surface area (Å²) >= 11 is 0. The Morgan fingerprint density at radius 2 is 1.94 bits per heavy atom. The molecule has 5 nitrogen and oxygen atoms in total. The zero-order valence-corrected chi connectivity index (χ0v) is 11.4. The fraction of sp³-hybridized carbons (Fsp3) is 0.846. The van der Waals surface area contributed by atoms with Crippen molar-refractivity contribution in [2.24, 2.45) is 11.8 Å². The molecular weight excluding hydrogens is 234 g/mol. The molecule has 1 saturated carbocycles. The van der Waals surface area contributed by atoms with Crippen molar-refractivity contribution in [1.82, 2.24) is 5.32 Å². The molecule has 0 aliphatic heterocycles. The first-order valence-electron chi connectivity index (χ1n) is 6.46. The van der Waals surface area contributed by atoms with Crippen molar-refractivity contribution >= 4 is 11.9 Å². The van der Waals surface area contributed by atoms with Gasteiger partial charge >= 0.3 is 5.97 Å². The number of amides is 1. The van der Waals surface area contributed by atoms with Crippen LogP contribution in [-0.2, 0) is 14.3 Å². The average molecular weight is 257 g/mol. The van der Waals surface area contributed by atoms with Gasteiger partial charge in [0.1, 0.15) is 0 Å². The quantitative estimate of drug-likeness (QED) is 0.732. The molecule has 1 fully saturated rings.